The van der Waals surface area contributed by atoms with Crippen LogP contribution in [0.1, 0.15) is 26.7 Å². The lowest BCUT2D eigenvalue weighted by molar-refractivity contribution is 0.0476. The molecular weight excluding hydrogens is 176 g/mol. The highest BCUT2D eigenvalue weighted by Gasteiger charge is 2.33. The number of rotatable bonds is 3. The maximum Gasteiger partial charge on any atom is 0.264 e. The van der Waals surface area contributed by atoms with Gasteiger partial charge in [0, 0.05) is 0 Å². The predicted molar refractivity (Wildman–Crippen MR) is 47.3 cm³/mol. The SMILES string of the molecule is CC(C)C1CC(OS(C)(=O)=O)C1. The molecule has 0 bridgehead atoms. The van der Waals surface area contributed by atoms with Crippen molar-refractivity contribution in [3.63, 3.8) is 0 Å². The van der Waals surface area contributed by atoms with Crippen LogP contribution in [0.25, 0.3) is 0 Å². The average Bonchev–Trinajstić information content (AvgIpc) is 1.74. The van der Waals surface area contributed by atoms with E-state index in [0.717, 1.165) is 19.1 Å². The molecule has 72 valence electrons. The molecule has 3 nitrogen and oxygen atoms in total. The first-order chi connectivity index (χ1) is 5.38. The Bertz CT molecular complexity index is 237. The molecule has 0 aromatic rings. The second-order valence-corrected chi connectivity index (χ2v) is 5.50. The molecule has 1 aliphatic rings. The molecule has 0 amide bonds. The monoisotopic (exact) mass is 192 g/mol. The molecule has 0 saturated heterocycles. The zero-order valence-electron chi connectivity index (χ0n) is 7.78. The fourth-order valence-corrected chi connectivity index (χ4v) is 2.13. The van der Waals surface area contributed by atoms with Gasteiger partial charge < -0.3 is 0 Å². The second kappa shape index (κ2) is 3.34. The lowest BCUT2D eigenvalue weighted by Crippen LogP contribution is -2.35. The van der Waals surface area contributed by atoms with E-state index in [9.17, 15) is 8.42 Å². The maximum absolute atomic E-state index is 10.7. The molecular formula is C8H16O3S. The van der Waals surface area contributed by atoms with Gasteiger partial charge in [-0.1, -0.05) is 13.8 Å². The lowest BCUT2D eigenvalue weighted by atomic mass is 9.75. The summed E-state index contributed by atoms with van der Waals surface area (Å²) < 4.78 is 26.2. The Labute approximate surface area is 74.2 Å². The van der Waals surface area contributed by atoms with Crippen molar-refractivity contribution in [3.8, 4) is 0 Å². The van der Waals surface area contributed by atoms with E-state index in [4.69, 9.17) is 4.18 Å². The Kier molecular flexibility index (Phi) is 2.78. The Balaban J connectivity index is 2.27. The topological polar surface area (TPSA) is 43.4 Å². The van der Waals surface area contributed by atoms with Crippen LogP contribution in [-0.4, -0.2) is 20.8 Å². The molecule has 12 heavy (non-hydrogen) atoms. The molecule has 0 heterocycles. The van der Waals surface area contributed by atoms with Crippen LogP contribution in [-0.2, 0) is 14.3 Å². The summed E-state index contributed by atoms with van der Waals surface area (Å²) in [6.45, 7) is 4.31. The van der Waals surface area contributed by atoms with Gasteiger partial charge in [-0.25, -0.2) is 0 Å². The summed E-state index contributed by atoms with van der Waals surface area (Å²) in [6.07, 6.45) is 2.85. The van der Waals surface area contributed by atoms with Crippen molar-refractivity contribution in [3.05, 3.63) is 0 Å². The highest BCUT2D eigenvalue weighted by atomic mass is 32.2. The molecule has 0 aromatic heterocycles. The highest BCUT2D eigenvalue weighted by molar-refractivity contribution is 7.86. The summed E-state index contributed by atoms with van der Waals surface area (Å²) in [6, 6.07) is 0. The fourth-order valence-electron chi connectivity index (χ4n) is 1.48. The minimum atomic E-state index is -3.23. The van der Waals surface area contributed by atoms with Gasteiger partial charge in [0.1, 0.15) is 0 Å². The third kappa shape index (κ3) is 2.75. The number of hydrogen-bond donors (Lipinski definition) is 0. The van der Waals surface area contributed by atoms with E-state index in [2.05, 4.69) is 13.8 Å². The first-order valence-corrected chi connectivity index (χ1v) is 6.08. The first kappa shape index (κ1) is 9.99. The summed E-state index contributed by atoms with van der Waals surface area (Å²) in [5.41, 5.74) is 0. The van der Waals surface area contributed by atoms with E-state index in [0.29, 0.717) is 11.8 Å². The van der Waals surface area contributed by atoms with Crippen LogP contribution in [0, 0.1) is 11.8 Å². The molecule has 0 aromatic carbocycles. The molecule has 1 fully saturated rings. The second-order valence-electron chi connectivity index (χ2n) is 3.90. The zero-order valence-corrected chi connectivity index (χ0v) is 8.60. The minimum Gasteiger partial charge on any atom is -0.267 e. The molecule has 0 unspecified atom stereocenters. The van der Waals surface area contributed by atoms with Gasteiger partial charge in [-0.15, -0.1) is 0 Å². The molecule has 0 atom stereocenters. The van der Waals surface area contributed by atoms with E-state index in [1.54, 1.807) is 0 Å². The van der Waals surface area contributed by atoms with Crippen LogP contribution in [0.4, 0.5) is 0 Å². The van der Waals surface area contributed by atoms with Gasteiger partial charge in [-0.2, -0.15) is 8.42 Å². The van der Waals surface area contributed by atoms with E-state index >= 15 is 0 Å². The lowest BCUT2D eigenvalue weighted by Gasteiger charge is -2.36. The van der Waals surface area contributed by atoms with Crippen molar-refractivity contribution in [1.29, 1.82) is 0 Å². The third-order valence-corrected chi connectivity index (χ3v) is 3.01. The van der Waals surface area contributed by atoms with Gasteiger partial charge in [-0.05, 0) is 24.7 Å². The van der Waals surface area contributed by atoms with Crippen molar-refractivity contribution in [1.82, 2.24) is 0 Å². The van der Waals surface area contributed by atoms with E-state index in [1.807, 2.05) is 0 Å². The van der Waals surface area contributed by atoms with E-state index < -0.39 is 10.1 Å². The summed E-state index contributed by atoms with van der Waals surface area (Å²) in [4.78, 5) is 0. The smallest absolute Gasteiger partial charge is 0.264 e. The van der Waals surface area contributed by atoms with Crippen LogP contribution in [0.2, 0.25) is 0 Å². The van der Waals surface area contributed by atoms with Gasteiger partial charge >= 0.3 is 0 Å². The molecule has 1 saturated carbocycles. The molecule has 0 N–H and O–H groups in total. The van der Waals surface area contributed by atoms with Crippen LogP contribution >= 0.6 is 0 Å². The van der Waals surface area contributed by atoms with Crippen LogP contribution in [0.3, 0.4) is 0 Å². The average molecular weight is 192 g/mol. The van der Waals surface area contributed by atoms with Crippen LogP contribution < -0.4 is 0 Å². The van der Waals surface area contributed by atoms with Gasteiger partial charge in [0.05, 0.1) is 12.4 Å². The van der Waals surface area contributed by atoms with Gasteiger partial charge in [0.2, 0.25) is 0 Å². The minimum absolute atomic E-state index is 0.0487. The van der Waals surface area contributed by atoms with Gasteiger partial charge in [-0.3, -0.25) is 4.18 Å². The van der Waals surface area contributed by atoms with Crippen molar-refractivity contribution in [2.24, 2.45) is 11.8 Å². The van der Waals surface area contributed by atoms with Crippen LogP contribution in [0.15, 0.2) is 0 Å². The Morgan fingerprint density at radius 1 is 1.33 bits per heavy atom. The first-order valence-electron chi connectivity index (χ1n) is 4.26. The van der Waals surface area contributed by atoms with Crippen molar-refractivity contribution in [2.45, 2.75) is 32.8 Å². The zero-order chi connectivity index (χ0) is 9.35. The normalized spacial score (nSPS) is 30.3. The predicted octanol–water partition coefficient (Wildman–Crippen LogP) is 1.40. The van der Waals surface area contributed by atoms with E-state index in [1.165, 1.54) is 0 Å². The molecule has 1 aliphatic carbocycles. The molecule has 4 heteroatoms. The number of hydrogen-bond acceptors (Lipinski definition) is 3. The molecule has 1 rings (SSSR count). The molecule has 0 aliphatic heterocycles. The summed E-state index contributed by atoms with van der Waals surface area (Å²) in [7, 11) is -3.23. The summed E-state index contributed by atoms with van der Waals surface area (Å²) in [5, 5.41) is 0. The molecule has 0 radical (unpaired) electrons. The van der Waals surface area contributed by atoms with Gasteiger partial charge in [0.15, 0.2) is 0 Å². The molecule has 0 spiro atoms. The Hall–Kier alpha value is -0.0900. The maximum atomic E-state index is 10.7. The quantitative estimate of drug-likeness (QED) is 0.635. The van der Waals surface area contributed by atoms with Gasteiger partial charge in [0.25, 0.3) is 10.1 Å². The highest BCUT2D eigenvalue weighted by Crippen LogP contribution is 2.36. The van der Waals surface area contributed by atoms with E-state index in [-0.39, 0.29) is 6.10 Å². The Morgan fingerprint density at radius 2 is 1.83 bits per heavy atom. The standard InChI is InChI=1S/C8H16O3S/c1-6(2)7-4-8(5-7)11-12(3,9)10/h6-8H,4-5H2,1-3H3. The largest absolute Gasteiger partial charge is 0.267 e. The fraction of sp³-hybridized carbons (Fsp3) is 1.00. The summed E-state index contributed by atoms with van der Waals surface area (Å²) >= 11 is 0. The third-order valence-electron chi connectivity index (χ3n) is 2.38. The van der Waals surface area contributed by atoms with Crippen molar-refractivity contribution < 1.29 is 12.6 Å². The van der Waals surface area contributed by atoms with Crippen LogP contribution in [0.5, 0.6) is 0 Å². The Morgan fingerprint density at radius 3 is 2.17 bits per heavy atom. The summed E-state index contributed by atoms with van der Waals surface area (Å²) in [5.74, 6) is 1.29. The van der Waals surface area contributed by atoms with Crippen molar-refractivity contribution >= 4 is 10.1 Å². The van der Waals surface area contributed by atoms with Crippen molar-refractivity contribution in [2.75, 3.05) is 6.26 Å².